The molecule has 2 rings (SSSR count). The lowest BCUT2D eigenvalue weighted by atomic mass is 9.83. The van der Waals surface area contributed by atoms with Gasteiger partial charge in [-0.1, -0.05) is 25.7 Å². The minimum absolute atomic E-state index is 0.0189. The lowest BCUT2D eigenvalue weighted by Gasteiger charge is -2.39. The van der Waals surface area contributed by atoms with Crippen LogP contribution in [0.25, 0.3) is 0 Å². The zero-order valence-corrected chi connectivity index (χ0v) is 13.7. The standard InChI is InChI=1S/C14H26N2O4S/c1-12-8-4-7-11-16(12)21(18,19)15-14(13(17)20-2)9-5-3-6-10-14/h12,15H,3-11H2,1-2H3. The molecule has 1 N–H and O–H groups in total. The van der Waals surface area contributed by atoms with Gasteiger partial charge in [0, 0.05) is 12.6 Å². The van der Waals surface area contributed by atoms with Crippen LogP contribution in [0.4, 0.5) is 0 Å². The lowest BCUT2D eigenvalue weighted by Crippen LogP contribution is -2.60. The first kappa shape index (κ1) is 16.7. The van der Waals surface area contributed by atoms with Crippen molar-refractivity contribution in [2.75, 3.05) is 13.7 Å². The summed E-state index contributed by atoms with van der Waals surface area (Å²) in [6.45, 7) is 2.44. The molecule has 0 aromatic rings. The van der Waals surface area contributed by atoms with Gasteiger partial charge in [0.15, 0.2) is 0 Å². The smallest absolute Gasteiger partial charge is 0.327 e. The first-order valence-corrected chi connectivity index (χ1v) is 9.24. The molecule has 1 unspecified atom stereocenters. The summed E-state index contributed by atoms with van der Waals surface area (Å²) >= 11 is 0. The molecule has 1 atom stereocenters. The summed E-state index contributed by atoms with van der Waals surface area (Å²) in [4.78, 5) is 12.2. The van der Waals surface area contributed by atoms with Crippen molar-refractivity contribution in [3.8, 4) is 0 Å². The zero-order valence-electron chi connectivity index (χ0n) is 12.9. The molecule has 2 aliphatic rings. The summed E-state index contributed by atoms with van der Waals surface area (Å²) in [5, 5.41) is 0. The number of nitrogens with one attached hydrogen (secondary N) is 1. The number of ether oxygens (including phenoxy) is 1. The Morgan fingerprint density at radius 1 is 1.19 bits per heavy atom. The highest BCUT2D eigenvalue weighted by molar-refractivity contribution is 7.87. The van der Waals surface area contributed by atoms with E-state index in [2.05, 4.69) is 4.72 Å². The second-order valence-corrected chi connectivity index (χ2v) is 7.82. The topological polar surface area (TPSA) is 75.7 Å². The summed E-state index contributed by atoms with van der Waals surface area (Å²) in [6, 6.07) is -0.0189. The number of carbonyl (C=O) groups is 1. The number of piperidine rings is 1. The number of hydrogen-bond donors (Lipinski definition) is 1. The van der Waals surface area contributed by atoms with Gasteiger partial charge in [0.1, 0.15) is 5.54 Å². The SMILES string of the molecule is COC(=O)C1(NS(=O)(=O)N2CCCCC2C)CCCCC1. The number of nitrogens with zero attached hydrogens (tertiary/aromatic N) is 1. The molecule has 21 heavy (non-hydrogen) atoms. The fourth-order valence-corrected chi connectivity index (χ4v) is 5.28. The molecule has 0 aromatic carbocycles. The highest BCUT2D eigenvalue weighted by Crippen LogP contribution is 2.31. The third-order valence-electron chi connectivity index (χ3n) is 4.66. The van der Waals surface area contributed by atoms with Crippen LogP contribution in [0.5, 0.6) is 0 Å². The molecule has 0 bridgehead atoms. The first-order chi connectivity index (χ1) is 9.91. The van der Waals surface area contributed by atoms with E-state index in [1.165, 1.54) is 11.4 Å². The summed E-state index contributed by atoms with van der Waals surface area (Å²) < 4.78 is 34.4. The van der Waals surface area contributed by atoms with E-state index in [1.807, 2.05) is 6.92 Å². The lowest BCUT2D eigenvalue weighted by molar-refractivity contribution is -0.149. The highest BCUT2D eigenvalue weighted by Gasteiger charge is 2.45. The van der Waals surface area contributed by atoms with Crippen LogP contribution in [0.3, 0.4) is 0 Å². The fraction of sp³-hybridized carbons (Fsp3) is 0.929. The van der Waals surface area contributed by atoms with Crippen molar-refractivity contribution in [2.45, 2.75) is 69.9 Å². The molecule has 122 valence electrons. The minimum atomic E-state index is -3.66. The van der Waals surface area contributed by atoms with E-state index in [1.54, 1.807) is 0 Å². The Hall–Kier alpha value is -0.660. The molecule has 1 saturated carbocycles. The summed E-state index contributed by atoms with van der Waals surface area (Å²) in [5.74, 6) is -0.463. The largest absolute Gasteiger partial charge is 0.468 e. The van der Waals surface area contributed by atoms with Crippen molar-refractivity contribution in [3.05, 3.63) is 0 Å². The normalized spacial score (nSPS) is 27.2. The maximum absolute atomic E-state index is 12.7. The van der Waals surface area contributed by atoms with Crippen molar-refractivity contribution >= 4 is 16.2 Å². The van der Waals surface area contributed by atoms with Crippen molar-refractivity contribution < 1.29 is 17.9 Å². The van der Waals surface area contributed by atoms with Crippen molar-refractivity contribution in [1.82, 2.24) is 9.03 Å². The predicted molar refractivity (Wildman–Crippen MR) is 79.9 cm³/mol. The second-order valence-electron chi connectivity index (χ2n) is 6.20. The predicted octanol–water partition coefficient (Wildman–Crippen LogP) is 1.57. The average molecular weight is 318 g/mol. The molecule has 7 heteroatoms. The van der Waals surface area contributed by atoms with Crippen LogP contribution < -0.4 is 4.72 Å². The maximum Gasteiger partial charge on any atom is 0.327 e. The van der Waals surface area contributed by atoms with Gasteiger partial charge in [0.05, 0.1) is 7.11 Å². The van der Waals surface area contributed by atoms with E-state index in [-0.39, 0.29) is 6.04 Å². The molecule has 1 aliphatic heterocycles. The average Bonchev–Trinajstić information content (AvgIpc) is 2.47. The van der Waals surface area contributed by atoms with Crippen molar-refractivity contribution in [1.29, 1.82) is 0 Å². The first-order valence-electron chi connectivity index (χ1n) is 7.80. The van der Waals surface area contributed by atoms with Crippen LogP contribution in [0, 0.1) is 0 Å². The van der Waals surface area contributed by atoms with Crippen molar-refractivity contribution in [3.63, 3.8) is 0 Å². The van der Waals surface area contributed by atoms with Gasteiger partial charge in [-0.25, -0.2) is 0 Å². The number of rotatable bonds is 4. The van der Waals surface area contributed by atoms with E-state index in [0.29, 0.717) is 19.4 Å². The van der Waals surface area contributed by atoms with Crippen LogP contribution in [-0.4, -0.2) is 43.9 Å². The maximum atomic E-state index is 12.7. The van der Waals surface area contributed by atoms with E-state index in [0.717, 1.165) is 38.5 Å². The summed E-state index contributed by atoms with van der Waals surface area (Å²) in [7, 11) is -2.35. The summed E-state index contributed by atoms with van der Waals surface area (Å²) in [5.41, 5.74) is -1.08. The quantitative estimate of drug-likeness (QED) is 0.798. The van der Waals surface area contributed by atoms with Gasteiger partial charge < -0.3 is 4.74 Å². The van der Waals surface area contributed by atoms with E-state index >= 15 is 0 Å². The van der Waals surface area contributed by atoms with E-state index in [4.69, 9.17) is 4.74 Å². The Morgan fingerprint density at radius 3 is 2.43 bits per heavy atom. The molecule has 1 aliphatic carbocycles. The monoisotopic (exact) mass is 318 g/mol. The Morgan fingerprint density at radius 2 is 1.86 bits per heavy atom. The van der Waals surface area contributed by atoms with Crippen LogP contribution in [-0.2, 0) is 19.7 Å². The Bertz CT molecular complexity index is 471. The molecular formula is C14H26N2O4S. The van der Waals surface area contributed by atoms with Gasteiger partial charge in [0.2, 0.25) is 0 Å². The van der Waals surface area contributed by atoms with Crippen LogP contribution in [0.2, 0.25) is 0 Å². The third-order valence-corrected chi connectivity index (χ3v) is 6.47. The van der Waals surface area contributed by atoms with Gasteiger partial charge in [-0.3, -0.25) is 4.79 Å². The molecule has 1 heterocycles. The Labute approximate surface area is 127 Å². The minimum Gasteiger partial charge on any atom is -0.468 e. The molecule has 0 radical (unpaired) electrons. The van der Waals surface area contributed by atoms with Crippen molar-refractivity contribution in [2.24, 2.45) is 0 Å². The molecule has 0 amide bonds. The number of methoxy groups -OCH3 is 1. The van der Waals surface area contributed by atoms with E-state index in [9.17, 15) is 13.2 Å². The molecule has 0 aromatic heterocycles. The number of carbonyl (C=O) groups excluding carboxylic acids is 1. The molecular weight excluding hydrogens is 292 g/mol. The third kappa shape index (κ3) is 3.57. The van der Waals surface area contributed by atoms with Gasteiger partial charge in [-0.2, -0.15) is 17.4 Å². The fourth-order valence-electron chi connectivity index (χ4n) is 3.43. The summed E-state index contributed by atoms with van der Waals surface area (Å²) in [6.07, 6.45) is 6.53. The van der Waals surface area contributed by atoms with E-state index < -0.39 is 21.7 Å². The molecule has 2 fully saturated rings. The highest BCUT2D eigenvalue weighted by atomic mass is 32.2. The van der Waals surface area contributed by atoms with Crippen LogP contribution in [0.15, 0.2) is 0 Å². The Kier molecular flexibility index (Phi) is 5.27. The van der Waals surface area contributed by atoms with Gasteiger partial charge in [-0.15, -0.1) is 0 Å². The van der Waals surface area contributed by atoms with Crippen LogP contribution >= 0.6 is 0 Å². The molecule has 1 saturated heterocycles. The Balaban J connectivity index is 2.20. The second kappa shape index (κ2) is 6.62. The van der Waals surface area contributed by atoms with Gasteiger partial charge in [0.25, 0.3) is 10.2 Å². The van der Waals surface area contributed by atoms with Gasteiger partial charge >= 0.3 is 5.97 Å². The molecule has 0 spiro atoms. The number of esters is 1. The number of hydrogen-bond acceptors (Lipinski definition) is 4. The zero-order chi connectivity index (χ0) is 15.5. The van der Waals surface area contributed by atoms with Gasteiger partial charge in [-0.05, 0) is 32.6 Å². The molecule has 6 nitrogen and oxygen atoms in total. The van der Waals surface area contributed by atoms with Crippen LogP contribution in [0.1, 0.15) is 58.3 Å².